The highest BCUT2D eigenvalue weighted by atomic mass is 79.9. The molecule has 3 aromatic rings. The number of benzene rings is 2. The Kier molecular flexibility index (Phi) is 3.86. The van der Waals surface area contributed by atoms with Gasteiger partial charge in [-0.2, -0.15) is 0 Å². The highest BCUT2D eigenvalue weighted by molar-refractivity contribution is 9.09. The molecule has 0 N–H and O–H groups in total. The summed E-state index contributed by atoms with van der Waals surface area (Å²) in [7, 11) is 0. The quantitative estimate of drug-likeness (QED) is 0.440. The Morgan fingerprint density at radius 2 is 1.68 bits per heavy atom. The van der Waals surface area contributed by atoms with E-state index >= 15 is 0 Å². The Morgan fingerprint density at radius 3 is 2.42 bits per heavy atom. The first-order valence-electron chi connectivity index (χ1n) is 5.71. The van der Waals surface area contributed by atoms with E-state index in [0.29, 0.717) is 10.0 Å². The molecule has 0 aliphatic heterocycles. The summed E-state index contributed by atoms with van der Waals surface area (Å²) in [6, 6.07) is 14.0. The van der Waals surface area contributed by atoms with E-state index in [9.17, 15) is 0 Å². The van der Waals surface area contributed by atoms with Gasteiger partial charge in [0.15, 0.2) is 0 Å². The van der Waals surface area contributed by atoms with E-state index < -0.39 is 0 Å². The summed E-state index contributed by atoms with van der Waals surface area (Å²) < 4.78 is 1.29. The van der Waals surface area contributed by atoms with Crippen LogP contribution < -0.4 is 0 Å². The van der Waals surface area contributed by atoms with E-state index in [-0.39, 0.29) is 4.83 Å². The minimum Gasteiger partial charge on any atom is -0.143 e. The molecule has 0 spiro atoms. The molecule has 0 bridgehead atoms. The average Bonchev–Trinajstić information content (AvgIpc) is 2.80. The Labute approximate surface area is 134 Å². The molecule has 0 saturated carbocycles. The van der Waals surface area contributed by atoms with Crippen LogP contribution in [0, 0.1) is 0 Å². The lowest BCUT2D eigenvalue weighted by atomic mass is 10.0. The van der Waals surface area contributed by atoms with E-state index in [0.717, 1.165) is 5.56 Å². The number of rotatable bonds is 2. The van der Waals surface area contributed by atoms with Crippen molar-refractivity contribution >= 4 is 60.6 Å². The van der Waals surface area contributed by atoms with E-state index in [1.165, 1.54) is 15.6 Å². The number of alkyl halides is 1. The first kappa shape index (κ1) is 13.4. The van der Waals surface area contributed by atoms with Gasteiger partial charge < -0.3 is 0 Å². The van der Waals surface area contributed by atoms with Gasteiger partial charge in [0.25, 0.3) is 0 Å². The van der Waals surface area contributed by atoms with Crippen molar-refractivity contribution < 1.29 is 0 Å². The number of thiophene rings is 1. The molecule has 0 aliphatic rings. The Bertz CT molecular complexity index is 716. The Balaban J connectivity index is 2.10. The van der Waals surface area contributed by atoms with Crippen LogP contribution in [0.1, 0.15) is 16.0 Å². The molecule has 0 amide bonds. The van der Waals surface area contributed by atoms with Gasteiger partial charge in [-0.05, 0) is 46.2 Å². The summed E-state index contributed by atoms with van der Waals surface area (Å²) in [5.74, 6) is 0. The Hall–Kier alpha value is -0.540. The van der Waals surface area contributed by atoms with Gasteiger partial charge in [0.1, 0.15) is 0 Å². The maximum absolute atomic E-state index is 6.07. The molecule has 0 saturated heterocycles. The molecular weight excluding hydrogens is 363 g/mol. The van der Waals surface area contributed by atoms with Crippen LogP contribution in [0.3, 0.4) is 0 Å². The smallest absolute Gasteiger partial charge is 0.0659 e. The summed E-state index contributed by atoms with van der Waals surface area (Å²) in [5.41, 5.74) is 2.32. The van der Waals surface area contributed by atoms with Crippen molar-refractivity contribution in [3.8, 4) is 0 Å². The third kappa shape index (κ3) is 2.68. The fraction of sp³-hybridized carbons (Fsp3) is 0.0667. The molecule has 96 valence electrons. The predicted molar refractivity (Wildman–Crippen MR) is 89.1 cm³/mol. The second kappa shape index (κ2) is 5.45. The number of hydrogen-bond acceptors (Lipinski definition) is 1. The summed E-state index contributed by atoms with van der Waals surface area (Å²) in [5, 5.41) is 4.77. The highest BCUT2D eigenvalue weighted by Crippen LogP contribution is 2.39. The van der Waals surface area contributed by atoms with Gasteiger partial charge in [0.05, 0.1) is 4.83 Å². The van der Waals surface area contributed by atoms with Gasteiger partial charge in [0, 0.05) is 14.7 Å². The zero-order chi connectivity index (χ0) is 13.4. The molecule has 0 radical (unpaired) electrons. The third-order valence-corrected chi connectivity index (χ3v) is 5.40. The Morgan fingerprint density at radius 1 is 1.00 bits per heavy atom. The first-order valence-corrected chi connectivity index (χ1v) is 8.26. The predicted octanol–water partition coefficient (Wildman–Crippen LogP) is 6.69. The molecule has 1 aromatic heterocycles. The van der Waals surface area contributed by atoms with Crippen molar-refractivity contribution in [3.63, 3.8) is 0 Å². The molecule has 2 aromatic carbocycles. The van der Waals surface area contributed by atoms with Crippen molar-refractivity contribution in [1.82, 2.24) is 0 Å². The van der Waals surface area contributed by atoms with Crippen LogP contribution in [0.5, 0.6) is 0 Å². The summed E-state index contributed by atoms with van der Waals surface area (Å²) >= 11 is 17.6. The maximum Gasteiger partial charge on any atom is 0.0659 e. The molecule has 3 rings (SSSR count). The van der Waals surface area contributed by atoms with Crippen LogP contribution in [0.2, 0.25) is 10.0 Å². The standard InChI is InChI=1S/C15H9BrCl2S/c16-15(9-5-10(17)7-11(18)6-9)13-8-19-14-4-2-1-3-12(13)14/h1-8,15H. The molecule has 1 heterocycles. The fourth-order valence-corrected chi connectivity index (χ4v) is 4.44. The van der Waals surface area contributed by atoms with Crippen molar-refractivity contribution in [2.24, 2.45) is 0 Å². The number of halogens is 3. The first-order chi connectivity index (χ1) is 9.15. The van der Waals surface area contributed by atoms with Gasteiger partial charge in [-0.15, -0.1) is 11.3 Å². The normalized spacial score (nSPS) is 12.8. The summed E-state index contributed by atoms with van der Waals surface area (Å²) in [6.07, 6.45) is 0. The second-order valence-electron chi connectivity index (χ2n) is 4.25. The molecular formula is C15H9BrCl2S. The average molecular weight is 372 g/mol. The van der Waals surface area contributed by atoms with Gasteiger partial charge >= 0.3 is 0 Å². The minimum absolute atomic E-state index is 0.0971. The molecule has 1 unspecified atom stereocenters. The van der Waals surface area contributed by atoms with Crippen LogP contribution in [-0.2, 0) is 0 Å². The zero-order valence-corrected chi connectivity index (χ0v) is 13.7. The van der Waals surface area contributed by atoms with E-state index in [1.807, 2.05) is 12.1 Å². The highest BCUT2D eigenvalue weighted by Gasteiger charge is 2.15. The van der Waals surface area contributed by atoms with E-state index in [4.69, 9.17) is 23.2 Å². The van der Waals surface area contributed by atoms with Gasteiger partial charge in [-0.3, -0.25) is 0 Å². The van der Waals surface area contributed by atoms with Crippen molar-refractivity contribution in [2.45, 2.75) is 4.83 Å². The lowest BCUT2D eigenvalue weighted by Gasteiger charge is -2.11. The summed E-state index contributed by atoms with van der Waals surface area (Å²) in [6.45, 7) is 0. The maximum atomic E-state index is 6.07. The molecule has 0 fully saturated rings. The fourth-order valence-electron chi connectivity index (χ4n) is 2.10. The zero-order valence-electron chi connectivity index (χ0n) is 9.74. The summed E-state index contributed by atoms with van der Waals surface area (Å²) in [4.78, 5) is 0.0971. The largest absolute Gasteiger partial charge is 0.143 e. The second-order valence-corrected chi connectivity index (χ2v) is 6.95. The van der Waals surface area contributed by atoms with Crippen LogP contribution >= 0.6 is 50.5 Å². The van der Waals surface area contributed by atoms with Gasteiger partial charge in [0.2, 0.25) is 0 Å². The van der Waals surface area contributed by atoms with E-state index in [2.05, 4.69) is 45.6 Å². The number of fused-ring (bicyclic) bond motifs is 1. The molecule has 1 atom stereocenters. The van der Waals surface area contributed by atoms with Crippen molar-refractivity contribution in [1.29, 1.82) is 0 Å². The van der Waals surface area contributed by atoms with Crippen molar-refractivity contribution in [3.05, 3.63) is 69.0 Å². The van der Waals surface area contributed by atoms with Crippen LogP contribution in [0.15, 0.2) is 47.8 Å². The topological polar surface area (TPSA) is 0 Å². The lowest BCUT2D eigenvalue weighted by Crippen LogP contribution is -1.91. The monoisotopic (exact) mass is 370 g/mol. The van der Waals surface area contributed by atoms with Crippen molar-refractivity contribution in [2.75, 3.05) is 0 Å². The van der Waals surface area contributed by atoms with Gasteiger partial charge in [-0.1, -0.05) is 57.3 Å². The molecule has 19 heavy (non-hydrogen) atoms. The molecule has 0 aliphatic carbocycles. The van der Waals surface area contributed by atoms with Gasteiger partial charge in [-0.25, -0.2) is 0 Å². The lowest BCUT2D eigenvalue weighted by molar-refractivity contribution is 1.21. The number of hydrogen-bond donors (Lipinski definition) is 0. The van der Waals surface area contributed by atoms with Crippen LogP contribution in [-0.4, -0.2) is 0 Å². The minimum atomic E-state index is 0.0971. The molecule has 4 heteroatoms. The molecule has 0 nitrogen and oxygen atoms in total. The van der Waals surface area contributed by atoms with Crippen LogP contribution in [0.4, 0.5) is 0 Å². The van der Waals surface area contributed by atoms with E-state index in [1.54, 1.807) is 17.4 Å². The third-order valence-electron chi connectivity index (χ3n) is 2.96. The van der Waals surface area contributed by atoms with Crippen LogP contribution in [0.25, 0.3) is 10.1 Å². The SMILES string of the molecule is Clc1cc(Cl)cc(C(Br)c2csc3ccccc23)c1.